The van der Waals surface area contributed by atoms with E-state index in [0.717, 1.165) is 0 Å². The van der Waals surface area contributed by atoms with Gasteiger partial charge in [-0.15, -0.1) is 0 Å². The maximum Gasteiger partial charge on any atom is 0.319 e. The molecule has 3 unspecified atom stereocenters. The summed E-state index contributed by atoms with van der Waals surface area (Å²) in [6, 6.07) is 0. The minimum Gasteiger partial charge on any atom is -0.382 e. The number of fused-ring (bicyclic) bond motifs is 2. The molecule has 5 N–H and O–H groups in total. The van der Waals surface area contributed by atoms with E-state index >= 15 is 0 Å². The number of anilines is 2. The molecule has 41 heavy (non-hydrogen) atoms. The Hall–Kier alpha value is -3.15. The molecule has 21 heteroatoms. The van der Waals surface area contributed by atoms with Gasteiger partial charge in [0.25, 0.3) is 0 Å². The van der Waals surface area contributed by atoms with Crippen LogP contribution < -0.4 is 11.5 Å². The molecule has 6 heterocycles. The molecule has 2 saturated heterocycles. The molecule has 0 radical (unpaired) electrons. The molecule has 0 saturated carbocycles. The van der Waals surface area contributed by atoms with E-state index in [1.54, 1.807) is 9.13 Å². The lowest BCUT2D eigenvalue weighted by atomic mass is 10.2. The van der Waals surface area contributed by atoms with Crippen LogP contribution in [0.1, 0.15) is 25.3 Å². The quantitative estimate of drug-likeness (QED) is 0.210. The Labute approximate surface area is 231 Å². The third-order valence-electron chi connectivity index (χ3n) is 6.72. The Bertz CT molecular complexity index is 1610. The van der Waals surface area contributed by atoms with E-state index in [9.17, 15) is 13.5 Å². The fourth-order valence-corrected chi connectivity index (χ4v) is 5.95. The molecule has 6 rings (SSSR count). The molecule has 0 aromatic carbocycles. The van der Waals surface area contributed by atoms with Crippen LogP contribution in [0.25, 0.3) is 22.3 Å². The maximum atomic E-state index is 14.8. The van der Waals surface area contributed by atoms with Gasteiger partial charge in [0, 0.05) is 12.8 Å². The van der Waals surface area contributed by atoms with Crippen molar-refractivity contribution in [3.8, 4) is 0 Å². The predicted molar refractivity (Wildman–Crippen MR) is 138 cm³/mol. The molecule has 0 aliphatic carbocycles. The Balaban J connectivity index is 1.09. The van der Waals surface area contributed by atoms with Crippen LogP contribution in [0.15, 0.2) is 25.3 Å². The molecule has 2 aliphatic rings. The Morgan fingerprint density at radius 3 is 2.05 bits per heavy atom. The van der Waals surface area contributed by atoms with Gasteiger partial charge in [-0.3, -0.25) is 18.3 Å². The number of imidazole rings is 2. The van der Waals surface area contributed by atoms with Crippen LogP contribution in [0.2, 0.25) is 0 Å². The van der Waals surface area contributed by atoms with E-state index in [1.165, 1.54) is 25.3 Å². The molecule has 4 aromatic heterocycles. The van der Waals surface area contributed by atoms with Crippen LogP contribution in [-0.4, -0.2) is 81.6 Å². The Morgan fingerprint density at radius 1 is 0.878 bits per heavy atom. The minimum absolute atomic E-state index is 0.0178. The summed E-state index contributed by atoms with van der Waals surface area (Å²) in [6.45, 7) is -0.675. The smallest absolute Gasteiger partial charge is 0.319 e. The maximum absolute atomic E-state index is 14.8. The minimum atomic E-state index is -3.27. The number of ether oxygens (including phenoxy) is 2. The number of halogens is 1. The van der Waals surface area contributed by atoms with Crippen LogP contribution in [0.5, 0.6) is 0 Å². The van der Waals surface area contributed by atoms with E-state index in [1.807, 2.05) is 0 Å². The van der Waals surface area contributed by atoms with E-state index in [0.29, 0.717) is 22.3 Å². The SMILES string of the molecule is Nc1ncnc2c1ncn2[C@H]1C[C@@H](F)C(CO[PH](=O)O[C@H]2C[C@H](n3cnc4c(N)ncnc43)O[C@@H]2CO[PH](=O)O)O1. The molecule has 0 bridgehead atoms. The number of rotatable bonds is 10. The zero-order chi connectivity index (χ0) is 28.7. The van der Waals surface area contributed by atoms with E-state index < -0.39 is 53.4 Å². The highest BCUT2D eigenvalue weighted by atomic mass is 31.1. The number of aromatic nitrogens is 8. The first-order valence-corrected chi connectivity index (χ1v) is 14.8. The van der Waals surface area contributed by atoms with Gasteiger partial charge < -0.3 is 39.4 Å². The first-order valence-electron chi connectivity index (χ1n) is 12.3. The topological polar surface area (TPSA) is 240 Å². The lowest BCUT2D eigenvalue weighted by Crippen LogP contribution is -2.27. The monoisotopic (exact) mass is 614 g/mol. The van der Waals surface area contributed by atoms with Gasteiger partial charge in [-0.1, -0.05) is 0 Å². The Kier molecular flexibility index (Phi) is 7.93. The van der Waals surface area contributed by atoms with Crippen molar-refractivity contribution < 1.29 is 41.5 Å². The van der Waals surface area contributed by atoms with Gasteiger partial charge >= 0.3 is 16.5 Å². The van der Waals surface area contributed by atoms with Crippen LogP contribution in [0.4, 0.5) is 16.0 Å². The van der Waals surface area contributed by atoms with Crippen molar-refractivity contribution >= 4 is 50.5 Å². The highest BCUT2D eigenvalue weighted by Crippen LogP contribution is 2.41. The molecule has 2 aliphatic heterocycles. The van der Waals surface area contributed by atoms with E-state index in [2.05, 4.69) is 29.9 Å². The third-order valence-corrected chi connectivity index (χ3v) is 8.03. The molecule has 18 nitrogen and oxygen atoms in total. The van der Waals surface area contributed by atoms with Gasteiger partial charge in [0.1, 0.15) is 54.5 Å². The zero-order valence-electron chi connectivity index (χ0n) is 21.0. The molecular formula is C20H25FN10O8P2. The number of alkyl halides is 1. The second-order valence-corrected chi connectivity index (χ2v) is 11.1. The van der Waals surface area contributed by atoms with Crippen LogP contribution in [0.3, 0.4) is 0 Å². The first kappa shape index (κ1) is 28.0. The van der Waals surface area contributed by atoms with Crippen molar-refractivity contribution in [2.75, 3.05) is 24.7 Å². The second kappa shape index (κ2) is 11.6. The van der Waals surface area contributed by atoms with E-state index in [-0.39, 0.29) is 37.7 Å². The summed E-state index contributed by atoms with van der Waals surface area (Å²) in [5.41, 5.74) is 13.2. The summed E-state index contributed by atoms with van der Waals surface area (Å²) in [5.74, 6) is 0.365. The van der Waals surface area contributed by atoms with E-state index in [4.69, 9.17) is 39.4 Å². The van der Waals surface area contributed by atoms with Crippen LogP contribution >= 0.6 is 16.5 Å². The van der Waals surface area contributed by atoms with Crippen LogP contribution in [-0.2, 0) is 32.2 Å². The largest absolute Gasteiger partial charge is 0.382 e. The van der Waals surface area contributed by atoms with Crippen molar-refractivity contribution in [3.63, 3.8) is 0 Å². The van der Waals surface area contributed by atoms with Crippen molar-refractivity contribution in [1.82, 2.24) is 39.0 Å². The highest BCUT2D eigenvalue weighted by molar-refractivity contribution is 7.33. The lowest BCUT2D eigenvalue weighted by Gasteiger charge is -2.19. The summed E-state index contributed by atoms with van der Waals surface area (Å²) in [5, 5.41) is 0. The number of nitrogen functional groups attached to an aromatic ring is 2. The number of nitrogens with two attached hydrogens (primary N) is 2. The average molecular weight is 614 g/mol. The van der Waals surface area contributed by atoms with Gasteiger partial charge in [0.2, 0.25) is 0 Å². The van der Waals surface area contributed by atoms with Crippen LogP contribution in [0, 0.1) is 0 Å². The third kappa shape index (κ3) is 5.67. The molecule has 8 atom stereocenters. The lowest BCUT2D eigenvalue weighted by molar-refractivity contribution is -0.0407. The number of hydrogen-bond donors (Lipinski definition) is 3. The number of hydrogen-bond acceptors (Lipinski definition) is 15. The molecule has 0 amide bonds. The first-order chi connectivity index (χ1) is 19.8. The predicted octanol–water partition coefficient (Wildman–Crippen LogP) is 0.934. The van der Waals surface area contributed by atoms with Gasteiger partial charge in [-0.2, -0.15) is 0 Å². The van der Waals surface area contributed by atoms with Gasteiger partial charge in [0.15, 0.2) is 22.9 Å². The fourth-order valence-electron chi connectivity index (χ4n) is 4.78. The normalized spacial score (nSPS) is 28.0. The summed E-state index contributed by atoms with van der Waals surface area (Å²) in [4.78, 5) is 33.6. The second-order valence-electron chi connectivity index (χ2n) is 9.21. The van der Waals surface area contributed by atoms with Crippen molar-refractivity contribution in [3.05, 3.63) is 25.3 Å². The molecule has 220 valence electrons. The molecule has 4 aromatic rings. The molecular weight excluding hydrogens is 589 g/mol. The summed E-state index contributed by atoms with van der Waals surface area (Å²) in [6.07, 6.45) is -0.118. The average Bonchev–Trinajstić information content (AvgIpc) is 3.72. The van der Waals surface area contributed by atoms with Crippen molar-refractivity contribution in [1.29, 1.82) is 0 Å². The van der Waals surface area contributed by atoms with Gasteiger partial charge in [-0.05, 0) is 0 Å². The summed E-state index contributed by atoms with van der Waals surface area (Å²) >= 11 is 0. The Morgan fingerprint density at radius 2 is 1.44 bits per heavy atom. The van der Waals surface area contributed by atoms with Gasteiger partial charge in [0.05, 0.1) is 32.0 Å². The zero-order valence-corrected chi connectivity index (χ0v) is 23.0. The number of nitrogens with zero attached hydrogens (tertiary/aromatic N) is 8. The standard InChI is InChI=1S/C20H25FN10O8P2/c21-9-1-13(30-7-28-15-17(22)24-5-26-19(15)30)37-11(9)3-36-41(34)39-10-2-14(38-12(10)4-35-40(32)33)31-8-29-16-18(23)25-6-27-20(16)31/h5-14,40-41H,1-4H2,(H,32,33)(H2,22,24,26)(H2,23,25,27)/t9-,10+,11?,12-,13-,14-/m1/s1. The van der Waals surface area contributed by atoms with Crippen molar-refractivity contribution in [2.45, 2.75) is 49.8 Å². The highest BCUT2D eigenvalue weighted by Gasteiger charge is 2.41. The summed E-state index contributed by atoms with van der Waals surface area (Å²) < 4.78 is 69.5. The summed E-state index contributed by atoms with van der Waals surface area (Å²) in [7, 11) is -6.47. The van der Waals surface area contributed by atoms with Crippen molar-refractivity contribution in [2.24, 2.45) is 0 Å². The molecule has 2 fully saturated rings. The van der Waals surface area contributed by atoms with Gasteiger partial charge in [-0.25, -0.2) is 34.3 Å². The molecule has 0 spiro atoms. The fraction of sp³-hybridized carbons (Fsp3) is 0.500.